The number of allylic oxidation sites excluding steroid dienone is 2. The summed E-state index contributed by atoms with van der Waals surface area (Å²) in [5.41, 5.74) is 7.62. The van der Waals surface area contributed by atoms with Crippen LogP contribution in [-0.4, -0.2) is 5.78 Å². The quantitative estimate of drug-likeness (QED) is 0.383. The van der Waals surface area contributed by atoms with E-state index >= 15 is 0 Å². The number of hydrogen-bond acceptors (Lipinski definition) is 2. The molecule has 0 aliphatic heterocycles. The zero-order valence-corrected chi connectivity index (χ0v) is 10.3. The fourth-order valence-corrected chi connectivity index (χ4v) is 1.58. The van der Waals surface area contributed by atoms with E-state index < -0.39 is 0 Å². The smallest absolute Gasteiger partial charge is 0.188 e. The molecule has 0 aromatic heterocycles. The first kappa shape index (κ1) is 12.7. The van der Waals surface area contributed by atoms with Crippen LogP contribution >= 0.6 is 0 Å². The average Bonchev–Trinajstić information content (AvgIpc) is 2.45. The summed E-state index contributed by atoms with van der Waals surface area (Å²) in [6.45, 7) is 0. The van der Waals surface area contributed by atoms with E-state index in [9.17, 15) is 4.79 Å². The number of hydrogen-bond donors (Lipinski definition) is 1. The average molecular weight is 247 g/mol. The number of nitrogen functional groups attached to an aromatic ring is 1. The number of nitrogens with two attached hydrogens (primary N) is 1. The Morgan fingerprint density at radius 1 is 1.00 bits per heavy atom. The van der Waals surface area contributed by atoms with E-state index in [0.29, 0.717) is 11.3 Å². The van der Waals surface area contributed by atoms with Gasteiger partial charge >= 0.3 is 0 Å². The lowest BCUT2D eigenvalue weighted by molar-refractivity contribution is 0.104. The lowest BCUT2D eigenvalue weighted by Gasteiger charge is -1.98. The van der Waals surface area contributed by atoms with Crippen molar-refractivity contribution in [3.05, 3.63) is 77.9 Å². The van der Waals surface area contributed by atoms with Gasteiger partial charge in [-0.05, 0) is 36.4 Å². The zero-order chi connectivity index (χ0) is 13.5. The van der Waals surface area contributed by atoms with Gasteiger partial charge in [-0.1, -0.05) is 42.2 Å². The van der Waals surface area contributed by atoms with E-state index in [-0.39, 0.29) is 5.78 Å². The lowest BCUT2D eigenvalue weighted by Crippen LogP contribution is -1.99. The summed E-state index contributed by atoms with van der Waals surface area (Å²) < 4.78 is 0. The molecule has 19 heavy (non-hydrogen) atoms. The summed E-state index contributed by atoms with van der Waals surface area (Å²) in [5.74, 6) is 5.64. The molecule has 2 aromatic rings. The van der Waals surface area contributed by atoms with Crippen LogP contribution in [0.15, 0.2) is 66.7 Å². The Labute approximate surface area is 112 Å². The van der Waals surface area contributed by atoms with Gasteiger partial charge in [0.05, 0.1) is 0 Å². The highest BCUT2D eigenvalue weighted by atomic mass is 16.1. The number of carbonyl (C=O) groups is 1. The largest absolute Gasteiger partial charge is 0.398 e. The highest BCUT2D eigenvalue weighted by Gasteiger charge is 2.03. The molecule has 0 heterocycles. The van der Waals surface area contributed by atoms with Crippen molar-refractivity contribution >= 4 is 11.5 Å². The van der Waals surface area contributed by atoms with Crippen LogP contribution in [0.4, 0.5) is 5.69 Å². The molecule has 0 radical (unpaired) electrons. The van der Waals surface area contributed by atoms with Crippen LogP contribution in [0.3, 0.4) is 0 Å². The Kier molecular flexibility index (Phi) is 4.15. The Morgan fingerprint density at radius 3 is 2.42 bits per heavy atom. The maximum Gasteiger partial charge on any atom is 0.188 e. The minimum absolute atomic E-state index is 0.138. The Bertz CT molecular complexity index is 660. The molecule has 0 saturated heterocycles. The summed E-state index contributed by atoms with van der Waals surface area (Å²) >= 11 is 0. The monoisotopic (exact) mass is 247 g/mol. The molecule has 2 heteroatoms. The van der Waals surface area contributed by atoms with Gasteiger partial charge in [0.15, 0.2) is 5.78 Å². The number of para-hydroxylation sites is 1. The van der Waals surface area contributed by atoms with E-state index in [1.54, 1.807) is 30.3 Å². The van der Waals surface area contributed by atoms with Crippen LogP contribution in [0, 0.1) is 11.8 Å². The topological polar surface area (TPSA) is 43.1 Å². The van der Waals surface area contributed by atoms with E-state index in [4.69, 9.17) is 5.73 Å². The molecule has 92 valence electrons. The molecule has 2 rings (SSSR count). The first-order chi connectivity index (χ1) is 9.27. The molecular weight excluding hydrogens is 234 g/mol. The first-order valence-electron chi connectivity index (χ1n) is 5.89. The minimum atomic E-state index is -0.138. The van der Waals surface area contributed by atoms with Crippen LogP contribution in [-0.2, 0) is 0 Å². The van der Waals surface area contributed by atoms with Gasteiger partial charge < -0.3 is 5.73 Å². The molecule has 0 amide bonds. The molecule has 2 nitrogen and oxygen atoms in total. The standard InChI is InChI=1S/C17H13NO/c18-16-12-6-5-11-15(16)17(19)13-7-4-10-14-8-2-1-3-9-14/h1-3,5-9,11-13H,18H2/b13-7+. The minimum Gasteiger partial charge on any atom is -0.398 e. The number of benzene rings is 2. The van der Waals surface area contributed by atoms with Crippen molar-refractivity contribution in [1.29, 1.82) is 0 Å². The molecule has 0 bridgehead atoms. The highest BCUT2D eigenvalue weighted by Crippen LogP contribution is 2.11. The van der Waals surface area contributed by atoms with Crippen molar-refractivity contribution in [2.75, 3.05) is 5.73 Å². The van der Waals surface area contributed by atoms with Crippen LogP contribution in [0.25, 0.3) is 0 Å². The van der Waals surface area contributed by atoms with Crippen molar-refractivity contribution in [3.8, 4) is 11.8 Å². The second-order valence-corrected chi connectivity index (χ2v) is 3.92. The SMILES string of the molecule is Nc1ccccc1C(=O)/C=C/C#Cc1ccccc1. The predicted octanol–water partition coefficient (Wildman–Crippen LogP) is 3.06. The maximum atomic E-state index is 11.8. The van der Waals surface area contributed by atoms with Gasteiger partial charge in [-0.3, -0.25) is 4.79 Å². The van der Waals surface area contributed by atoms with E-state index in [0.717, 1.165) is 5.56 Å². The number of carbonyl (C=O) groups excluding carboxylic acids is 1. The fraction of sp³-hybridized carbons (Fsp3) is 0. The summed E-state index contributed by atoms with van der Waals surface area (Å²) in [6.07, 6.45) is 2.98. The number of rotatable bonds is 2. The third kappa shape index (κ3) is 3.58. The van der Waals surface area contributed by atoms with Gasteiger partial charge in [0.25, 0.3) is 0 Å². The van der Waals surface area contributed by atoms with Crippen molar-refractivity contribution in [2.45, 2.75) is 0 Å². The molecule has 0 fully saturated rings. The third-order valence-corrected chi connectivity index (χ3v) is 2.53. The van der Waals surface area contributed by atoms with Gasteiger partial charge in [-0.15, -0.1) is 0 Å². The van der Waals surface area contributed by atoms with Gasteiger partial charge in [0.2, 0.25) is 0 Å². The van der Waals surface area contributed by atoms with Crippen LogP contribution in [0.5, 0.6) is 0 Å². The van der Waals surface area contributed by atoms with E-state index in [1.807, 2.05) is 30.3 Å². The number of ketones is 1. The van der Waals surface area contributed by atoms with Gasteiger partial charge in [0, 0.05) is 16.8 Å². The van der Waals surface area contributed by atoms with Gasteiger partial charge in [-0.2, -0.15) is 0 Å². The molecule has 0 aliphatic carbocycles. The molecule has 2 N–H and O–H groups in total. The lowest BCUT2D eigenvalue weighted by atomic mass is 10.1. The van der Waals surface area contributed by atoms with Gasteiger partial charge in [0.1, 0.15) is 0 Å². The van der Waals surface area contributed by atoms with Gasteiger partial charge in [-0.25, -0.2) is 0 Å². The zero-order valence-electron chi connectivity index (χ0n) is 10.3. The summed E-state index contributed by atoms with van der Waals surface area (Å²) in [7, 11) is 0. The number of anilines is 1. The second-order valence-electron chi connectivity index (χ2n) is 3.92. The summed E-state index contributed by atoms with van der Waals surface area (Å²) in [5, 5.41) is 0. The van der Waals surface area contributed by atoms with Crippen LogP contribution in [0.1, 0.15) is 15.9 Å². The molecule has 0 unspecified atom stereocenters. The molecule has 0 atom stereocenters. The van der Waals surface area contributed by atoms with Crippen LogP contribution < -0.4 is 5.73 Å². The van der Waals surface area contributed by atoms with E-state index in [2.05, 4.69) is 11.8 Å². The Morgan fingerprint density at radius 2 is 1.68 bits per heavy atom. The highest BCUT2D eigenvalue weighted by molar-refractivity contribution is 6.08. The summed E-state index contributed by atoms with van der Waals surface area (Å²) in [6, 6.07) is 16.6. The summed E-state index contributed by atoms with van der Waals surface area (Å²) in [4.78, 5) is 11.8. The molecule has 2 aromatic carbocycles. The normalized spacial score (nSPS) is 9.89. The van der Waals surface area contributed by atoms with Crippen molar-refractivity contribution < 1.29 is 4.79 Å². The molecule has 0 spiro atoms. The fourth-order valence-electron chi connectivity index (χ4n) is 1.58. The predicted molar refractivity (Wildman–Crippen MR) is 77.6 cm³/mol. The van der Waals surface area contributed by atoms with Crippen LogP contribution in [0.2, 0.25) is 0 Å². The Hall–Kier alpha value is -2.79. The maximum absolute atomic E-state index is 11.8. The molecular formula is C17H13NO. The third-order valence-electron chi connectivity index (χ3n) is 2.53. The first-order valence-corrected chi connectivity index (χ1v) is 5.89. The van der Waals surface area contributed by atoms with Crippen molar-refractivity contribution in [1.82, 2.24) is 0 Å². The van der Waals surface area contributed by atoms with E-state index in [1.165, 1.54) is 6.08 Å². The second kappa shape index (κ2) is 6.23. The Balaban J connectivity index is 2.07. The van der Waals surface area contributed by atoms with Crippen molar-refractivity contribution in [2.24, 2.45) is 0 Å². The van der Waals surface area contributed by atoms with Crippen molar-refractivity contribution in [3.63, 3.8) is 0 Å². The molecule has 0 aliphatic rings. The molecule has 0 saturated carbocycles.